The van der Waals surface area contributed by atoms with Gasteiger partial charge in [0.2, 0.25) is 11.0 Å². The normalized spacial score (nSPS) is 15.0. The zero-order valence-corrected chi connectivity index (χ0v) is 17.1. The average molecular weight is 413 g/mol. The Balaban J connectivity index is 1.70. The fraction of sp³-hybridized carbons (Fsp3) is 0.286. The number of hydrogen-bond donors (Lipinski definition) is 1. The Labute approximate surface area is 173 Å². The Bertz CT molecular complexity index is 969. The number of ether oxygens (including phenoxy) is 1. The van der Waals surface area contributed by atoms with E-state index >= 15 is 0 Å². The van der Waals surface area contributed by atoms with Gasteiger partial charge in [0.25, 0.3) is 0 Å². The van der Waals surface area contributed by atoms with E-state index in [1.54, 1.807) is 11.8 Å². The van der Waals surface area contributed by atoms with Crippen molar-refractivity contribution in [2.75, 3.05) is 11.1 Å². The number of benzene rings is 2. The summed E-state index contributed by atoms with van der Waals surface area (Å²) in [5.74, 6) is 1.44. The summed E-state index contributed by atoms with van der Waals surface area (Å²) in [5, 5.41) is 13.4. The maximum atomic E-state index is 6.42. The lowest BCUT2D eigenvalue weighted by Gasteiger charge is -2.20. The average Bonchev–Trinajstić information content (AvgIpc) is 2.88. The summed E-state index contributed by atoms with van der Waals surface area (Å²) in [5.41, 5.74) is 3.30. The van der Waals surface area contributed by atoms with Gasteiger partial charge in [0.1, 0.15) is 0 Å². The molecule has 0 bridgehead atoms. The summed E-state index contributed by atoms with van der Waals surface area (Å²) in [6, 6.07) is 15.6. The van der Waals surface area contributed by atoms with E-state index in [9.17, 15) is 0 Å². The lowest BCUT2D eigenvalue weighted by Crippen LogP contribution is -2.17. The molecule has 144 valence electrons. The van der Waals surface area contributed by atoms with Crippen LogP contribution in [-0.2, 0) is 0 Å². The minimum atomic E-state index is -0.467. The van der Waals surface area contributed by atoms with E-state index in [1.807, 2.05) is 48.5 Å². The second-order valence-corrected chi connectivity index (χ2v) is 7.98. The number of hydrogen-bond acceptors (Lipinski definition) is 6. The van der Waals surface area contributed by atoms with Crippen LogP contribution in [0.2, 0.25) is 5.02 Å². The van der Waals surface area contributed by atoms with Crippen molar-refractivity contribution in [2.24, 2.45) is 0 Å². The number of nitrogens with one attached hydrogen (secondary N) is 1. The minimum Gasteiger partial charge on any atom is -0.448 e. The molecule has 1 aliphatic rings. The van der Waals surface area contributed by atoms with Crippen molar-refractivity contribution in [3.63, 3.8) is 0 Å². The first kappa shape index (κ1) is 19.0. The van der Waals surface area contributed by atoms with Gasteiger partial charge in [0.05, 0.1) is 0 Å². The largest absolute Gasteiger partial charge is 0.448 e. The number of unbranched alkanes of at least 4 members (excludes halogenated alkanes) is 2. The molecule has 0 spiro atoms. The van der Waals surface area contributed by atoms with Gasteiger partial charge in [-0.05, 0) is 18.6 Å². The predicted octanol–water partition coefficient (Wildman–Crippen LogP) is 5.98. The van der Waals surface area contributed by atoms with Crippen LogP contribution in [0, 0.1) is 0 Å². The zero-order valence-electron chi connectivity index (χ0n) is 15.6. The highest BCUT2D eigenvalue weighted by atomic mass is 35.5. The van der Waals surface area contributed by atoms with E-state index < -0.39 is 6.23 Å². The molecule has 0 unspecified atom stereocenters. The Morgan fingerprint density at radius 1 is 1.07 bits per heavy atom. The summed E-state index contributed by atoms with van der Waals surface area (Å²) >= 11 is 8.03. The molecule has 1 aromatic heterocycles. The van der Waals surface area contributed by atoms with Gasteiger partial charge in [0.15, 0.2) is 11.9 Å². The van der Waals surface area contributed by atoms with Gasteiger partial charge in [-0.2, -0.15) is 4.98 Å². The lowest BCUT2D eigenvalue weighted by atomic mass is 10.1. The van der Waals surface area contributed by atoms with Crippen molar-refractivity contribution < 1.29 is 4.74 Å². The van der Waals surface area contributed by atoms with Crippen molar-refractivity contribution in [3.8, 4) is 17.1 Å². The number of anilines is 1. The maximum Gasteiger partial charge on any atom is 0.247 e. The van der Waals surface area contributed by atoms with Gasteiger partial charge < -0.3 is 10.1 Å². The Morgan fingerprint density at radius 2 is 1.89 bits per heavy atom. The first-order chi connectivity index (χ1) is 13.8. The van der Waals surface area contributed by atoms with E-state index in [0.29, 0.717) is 21.8 Å². The molecule has 5 nitrogen and oxygen atoms in total. The summed E-state index contributed by atoms with van der Waals surface area (Å²) in [4.78, 5) is 4.66. The van der Waals surface area contributed by atoms with Crippen LogP contribution in [0.25, 0.3) is 11.3 Å². The van der Waals surface area contributed by atoms with Crippen LogP contribution < -0.4 is 10.1 Å². The van der Waals surface area contributed by atoms with Crippen LogP contribution in [0.3, 0.4) is 0 Å². The molecular formula is C21H21ClN4OS. The van der Waals surface area contributed by atoms with Crippen molar-refractivity contribution in [1.29, 1.82) is 0 Å². The second kappa shape index (κ2) is 8.80. The molecule has 1 atom stereocenters. The molecule has 1 N–H and O–H groups in total. The number of fused-ring (bicyclic) bond motifs is 3. The lowest BCUT2D eigenvalue weighted by molar-refractivity contribution is 0.225. The molecule has 1 aliphatic heterocycles. The number of nitrogens with zero attached hydrogens (tertiary/aromatic N) is 3. The molecule has 0 saturated carbocycles. The first-order valence-electron chi connectivity index (χ1n) is 9.41. The van der Waals surface area contributed by atoms with Gasteiger partial charge >= 0.3 is 0 Å². The van der Waals surface area contributed by atoms with Gasteiger partial charge in [-0.25, -0.2) is 0 Å². The molecular weight excluding hydrogens is 392 g/mol. The van der Waals surface area contributed by atoms with E-state index in [-0.39, 0.29) is 0 Å². The molecule has 0 radical (unpaired) electrons. The predicted molar refractivity (Wildman–Crippen MR) is 114 cm³/mol. The standard InChI is InChI=1S/C21H21ClN4OS/c1-2-3-8-13-28-21-24-20-18(25-26-21)15-10-5-7-12-17(15)23-19(27-20)14-9-4-6-11-16(14)22/h4-7,9-12,19,23H,2-3,8,13H2,1H3/t19-/m0/s1. The molecule has 0 saturated heterocycles. The maximum absolute atomic E-state index is 6.42. The van der Waals surface area contributed by atoms with Crippen LogP contribution in [0.15, 0.2) is 53.7 Å². The van der Waals surface area contributed by atoms with Crippen LogP contribution in [0.5, 0.6) is 5.88 Å². The van der Waals surface area contributed by atoms with Crippen LogP contribution in [0.1, 0.15) is 38.0 Å². The molecule has 0 fully saturated rings. The van der Waals surface area contributed by atoms with Crippen LogP contribution >= 0.6 is 23.4 Å². The smallest absolute Gasteiger partial charge is 0.247 e. The Kier molecular flexibility index (Phi) is 5.98. The Morgan fingerprint density at radius 3 is 2.75 bits per heavy atom. The number of thioether (sulfide) groups is 1. The molecule has 2 aromatic carbocycles. The summed E-state index contributed by atoms with van der Waals surface area (Å²) in [6.07, 6.45) is 3.06. The van der Waals surface area contributed by atoms with E-state index in [4.69, 9.17) is 16.3 Å². The SMILES string of the molecule is CCCCCSc1nnc2c(n1)O[C@@H](c1ccccc1Cl)Nc1ccccc1-2. The number of aromatic nitrogens is 3. The van der Waals surface area contributed by atoms with Crippen molar-refractivity contribution in [3.05, 3.63) is 59.1 Å². The first-order valence-corrected chi connectivity index (χ1v) is 10.8. The third-order valence-corrected chi connectivity index (χ3v) is 5.77. The van der Waals surface area contributed by atoms with Crippen molar-refractivity contribution in [2.45, 2.75) is 37.6 Å². The summed E-state index contributed by atoms with van der Waals surface area (Å²) in [7, 11) is 0. The monoisotopic (exact) mass is 412 g/mol. The van der Waals surface area contributed by atoms with E-state index in [0.717, 1.165) is 29.0 Å². The van der Waals surface area contributed by atoms with E-state index in [2.05, 4.69) is 27.4 Å². The highest BCUT2D eigenvalue weighted by Gasteiger charge is 2.27. The molecule has 0 amide bonds. The molecule has 2 heterocycles. The van der Waals surface area contributed by atoms with E-state index in [1.165, 1.54) is 12.8 Å². The fourth-order valence-corrected chi connectivity index (χ4v) is 4.06. The third kappa shape index (κ3) is 4.08. The fourth-order valence-electron chi connectivity index (χ4n) is 3.05. The topological polar surface area (TPSA) is 59.9 Å². The quantitative estimate of drug-likeness (QED) is 0.397. The highest BCUT2D eigenvalue weighted by molar-refractivity contribution is 7.99. The molecule has 0 aliphatic carbocycles. The van der Waals surface area contributed by atoms with Crippen LogP contribution in [-0.4, -0.2) is 20.9 Å². The van der Waals surface area contributed by atoms with Gasteiger partial charge in [-0.15, -0.1) is 10.2 Å². The highest BCUT2D eigenvalue weighted by Crippen LogP contribution is 2.40. The Hall–Kier alpha value is -2.31. The number of para-hydroxylation sites is 1. The van der Waals surface area contributed by atoms with Gasteiger partial charge in [-0.1, -0.05) is 79.5 Å². The van der Waals surface area contributed by atoms with Crippen molar-refractivity contribution >= 4 is 29.1 Å². The molecule has 4 rings (SSSR count). The van der Waals surface area contributed by atoms with Crippen molar-refractivity contribution in [1.82, 2.24) is 15.2 Å². The molecule has 7 heteroatoms. The van der Waals surface area contributed by atoms with Crippen LogP contribution in [0.4, 0.5) is 5.69 Å². The summed E-state index contributed by atoms with van der Waals surface area (Å²) < 4.78 is 6.25. The second-order valence-electron chi connectivity index (χ2n) is 6.51. The minimum absolute atomic E-state index is 0.467. The molecule has 3 aromatic rings. The third-order valence-electron chi connectivity index (χ3n) is 4.50. The zero-order chi connectivity index (χ0) is 19.3. The summed E-state index contributed by atoms with van der Waals surface area (Å²) in [6.45, 7) is 2.19. The molecule has 28 heavy (non-hydrogen) atoms. The van der Waals surface area contributed by atoms with Gasteiger partial charge in [-0.3, -0.25) is 0 Å². The van der Waals surface area contributed by atoms with Gasteiger partial charge in [0, 0.05) is 27.6 Å². The number of rotatable bonds is 6. The number of halogens is 1.